The summed E-state index contributed by atoms with van der Waals surface area (Å²) in [4.78, 5) is 8.27. The van der Waals surface area contributed by atoms with Crippen molar-refractivity contribution in [3.05, 3.63) is 36.1 Å². The first-order valence-corrected chi connectivity index (χ1v) is 5.51. The van der Waals surface area contributed by atoms with E-state index in [0.29, 0.717) is 12.4 Å². The summed E-state index contributed by atoms with van der Waals surface area (Å²) in [6.07, 6.45) is 3.20. The Morgan fingerprint density at radius 2 is 2.06 bits per heavy atom. The van der Waals surface area contributed by atoms with Crippen molar-refractivity contribution in [2.24, 2.45) is 0 Å². The SMILES string of the molecule is CC(C)(C)c1ccc(NCc2ncon2)nc1. The molecule has 0 unspecified atom stereocenters. The Morgan fingerprint density at radius 1 is 1.24 bits per heavy atom. The number of pyridine rings is 1. The van der Waals surface area contributed by atoms with Gasteiger partial charge in [-0.3, -0.25) is 0 Å². The fraction of sp³-hybridized carbons (Fsp3) is 0.417. The van der Waals surface area contributed by atoms with Crippen molar-refractivity contribution in [1.82, 2.24) is 15.1 Å². The third kappa shape index (κ3) is 3.03. The van der Waals surface area contributed by atoms with Gasteiger partial charge in [-0.25, -0.2) is 4.98 Å². The molecule has 17 heavy (non-hydrogen) atoms. The second-order valence-electron chi connectivity index (χ2n) is 4.88. The van der Waals surface area contributed by atoms with Gasteiger partial charge in [-0.05, 0) is 17.0 Å². The Balaban J connectivity index is 1.99. The molecule has 0 aliphatic heterocycles. The maximum atomic E-state index is 4.65. The van der Waals surface area contributed by atoms with Gasteiger partial charge < -0.3 is 9.84 Å². The van der Waals surface area contributed by atoms with Gasteiger partial charge in [-0.15, -0.1) is 0 Å². The lowest BCUT2D eigenvalue weighted by molar-refractivity contribution is 0.411. The molecular formula is C12H16N4O. The van der Waals surface area contributed by atoms with Gasteiger partial charge in [0, 0.05) is 6.20 Å². The van der Waals surface area contributed by atoms with E-state index in [2.05, 4.69) is 51.8 Å². The predicted molar refractivity (Wildman–Crippen MR) is 64.6 cm³/mol. The highest BCUT2D eigenvalue weighted by Gasteiger charge is 2.13. The number of anilines is 1. The molecule has 0 aliphatic rings. The summed E-state index contributed by atoms with van der Waals surface area (Å²) >= 11 is 0. The molecule has 0 bridgehead atoms. The molecule has 0 spiro atoms. The van der Waals surface area contributed by atoms with Crippen LogP contribution in [0.3, 0.4) is 0 Å². The molecular weight excluding hydrogens is 216 g/mol. The Hall–Kier alpha value is -1.91. The maximum Gasteiger partial charge on any atom is 0.213 e. The molecule has 0 radical (unpaired) electrons. The number of nitrogens with zero attached hydrogens (tertiary/aromatic N) is 3. The van der Waals surface area contributed by atoms with Crippen molar-refractivity contribution < 1.29 is 4.52 Å². The molecule has 5 nitrogen and oxygen atoms in total. The van der Waals surface area contributed by atoms with Crippen molar-refractivity contribution in [3.63, 3.8) is 0 Å². The summed E-state index contributed by atoms with van der Waals surface area (Å²) in [6, 6.07) is 4.03. The molecule has 2 heterocycles. The fourth-order valence-corrected chi connectivity index (χ4v) is 1.38. The fourth-order valence-electron chi connectivity index (χ4n) is 1.38. The third-order valence-electron chi connectivity index (χ3n) is 2.46. The van der Waals surface area contributed by atoms with Crippen LogP contribution in [0.4, 0.5) is 5.82 Å². The van der Waals surface area contributed by atoms with Crippen molar-refractivity contribution in [2.75, 3.05) is 5.32 Å². The molecule has 0 saturated heterocycles. The van der Waals surface area contributed by atoms with Crippen LogP contribution >= 0.6 is 0 Å². The Labute approximate surface area is 100 Å². The lowest BCUT2D eigenvalue weighted by Crippen LogP contribution is -2.12. The minimum absolute atomic E-state index is 0.124. The minimum Gasteiger partial charge on any atom is -0.363 e. The lowest BCUT2D eigenvalue weighted by atomic mass is 9.88. The number of rotatable bonds is 3. The minimum atomic E-state index is 0.124. The summed E-state index contributed by atoms with van der Waals surface area (Å²) in [5.41, 5.74) is 1.33. The van der Waals surface area contributed by atoms with Gasteiger partial charge in [0.15, 0.2) is 5.82 Å². The van der Waals surface area contributed by atoms with Gasteiger partial charge >= 0.3 is 0 Å². The zero-order valence-electron chi connectivity index (χ0n) is 10.3. The first kappa shape index (κ1) is 11.6. The summed E-state index contributed by atoms with van der Waals surface area (Å²) < 4.78 is 4.65. The van der Waals surface area contributed by atoms with E-state index in [1.165, 1.54) is 12.0 Å². The van der Waals surface area contributed by atoms with Gasteiger partial charge in [-0.1, -0.05) is 32.0 Å². The largest absolute Gasteiger partial charge is 0.363 e. The molecule has 2 rings (SSSR count). The van der Waals surface area contributed by atoms with E-state index in [1.54, 1.807) is 0 Å². The highest BCUT2D eigenvalue weighted by molar-refractivity contribution is 5.37. The van der Waals surface area contributed by atoms with Gasteiger partial charge in [0.1, 0.15) is 5.82 Å². The normalized spacial score (nSPS) is 11.5. The molecule has 0 aliphatic carbocycles. The lowest BCUT2D eigenvalue weighted by Gasteiger charge is -2.18. The van der Waals surface area contributed by atoms with E-state index in [0.717, 1.165) is 5.82 Å². The molecule has 1 N–H and O–H groups in total. The number of aromatic nitrogens is 3. The molecule has 0 amide bonds. The van der Waals surface area contributed by atoms with E-state index < -0.39 is 0 Å². The Morgan fingerprint density at radius 3 is 2.59 bits per heavy atom. The molecule has 2 aromatic heterocycles. The summed E-state index contributed by atoms with van der Waals surface area (Å²) in [6.45, 7) is 7.00. The average molecular weight is 232 g/mol. The van der Waals surface area contributed by atoms with Gasteiger partial charge in [-0.2, -0.15) is 4.98 Å². The smallest absolute Gasteiger partial charge is 0.213 e. The standard InChI is InChI=1S/C12H16N4O/c1-12(2,3)9-4-5-10(13-6-9)14-7-11-15-8-17-16-11/h4-6,8H,7H2,1-3H3,(H,13,14). The molecule has 2 aromatic rings. The molecule has 0 atom stereocenters. The maximum absolute atomic E-state index is 4.65. The number of hydrogen-bond acceptors (Lipinski definition) is 5. The van der Waals surface area contributed by atoms with Crippen LogP contribution in [0.5, 0.6) is 0 Å². The molecule has 0 fully saturated rings. The van der Waals surface area contributed by atoms with Crippen LogP contribution in [0.1, 0.15) is 32.2 Å². The second-order valence-corrected chi connectivity index (χ2v) is 4.88. The van der Waals surface area contributed by atoms with Crippen LogP contribution in [0.15, 0.2) is 29.2 Å². The van der Waals surface area contributed by atoms with Gasteiger partial charge in [0.05, 0.1) is 6.54 Å². The first-order chi connectivity index (χ1) is 8.05. The first-order valence-electron chi connectivity index (χ1n) is 5.51. The van der Waals surface area contributed by atoms with Crippen LogP contribution in [-0.4, -0.2) is 15.1 Å². The van der Waals surface area contributed by atoms with Crippen molar-refractivity contribution >= 4 is 5.82 Å². The van der Waals surface area contributed by atoms with Crippen LogP contribution in [-0.2, 0) is 12.0 Å². The average Bonchev–Trinajstić information content (AvgIpc) is 2.78. The van der Waals surface area contributed by atoms with E-state index in [-0.39, 0.29) is 5.41 Å². The highest BCUT2D eigenvalue weighted by atomic mass is 16.5. The van der Waals surface area contributed by atoms with E-state index >= 15 is 0 Å². The summed E-state index contributed by atoms with van der Waals surface area (Å²) in [5, 5.41) is 6.84. The van der Waals surface area contributed by atoms with Gasteiger partial charge in [0.2, 0.25) is 6.39 Å². The second kappa shape index (κ2) is 4.53. The van der Waals surface area contributed by atoms with Crippen LogP contribution in [0, 0.1) is 0 Å². The summed E-state index contributed by atoms with van der Waals surface area (Å²) in [5.74, 6) is 1.43. The number of nitrogens with one attached hydrogen (secondary N) is 1. The quantitative estimate of drug-likeness (QED) is 0.880. The Kier molecular flexibility index (Phi) is 3.08. The monoisotopic (exact) mass is 232 g/mol. The van der Waals surface area contributed by atoms with Crippen molar-refractivity contribution in [2.45, 2.75) is 32.7 Å². The van der Waals surface area contributed by atoms with E-state index in [4.69, 9.17) is 0 Å². The topological polar surface area (TPSA) is 63.8 Å². The zero-order chi connectivity index (χ0) is 12.3. The third-order valence-corrected chi connectivity index (χ3v) is 2.46. The predicted octanol–water partition coefficient (Wildman–Crippen LogP) is 2.37. The van der Waals surface area contributed by atoms with Crippen LogP contribution in [0.2, 0.25) is 0 Å². The molecule has 90 valence electrons. The highest BCUT2D eigenvalue weighted by Crippen LogP contribution is 2.21. The van der Waals surface area contributed by atoms with Crippen LogP contribution < -0.4 is 5.32 Å². The van der Waals surface area contributed by atoms with E-state index in [1.807, 2.05) is 12.3 Å². The van der Waals surface area contributed by atoms with Gasteiger partial charge in [0.25, 0.3) is 0 Å². The van der Waals surface area contributed by atoms with E-state index in [9.17, 15) is 0 Å². The van der Waals surface area contributed by atoms with Crippen molar-refractivity contribution in [3.8, 4) is 0 Å². The summed E-state index contributed by atoms with van der Waals surface area (Å²) in [7, 11) is 0. The van der Waals surface area contributed by atoms with Crippen LogP contribution in [0.25, 0.3) is 0 Å². The zero-order valence-corrected chi connectivity index (χ0v) is 10.3. The van der Waals surface area contributed by atoms with Crippen molar-refractivity contribution in [1.29, 1.82) is 0 Å². The number of hydrogen-bond donors (Lipinski definition) is 1. The molecule has 5 heteroatoms. The molecule has 0 saturated carbocycles. The molecule has 0 aromatic carbocycles. The Bertz CT molecular complexity index is 456.